The number of rotatable bonds is 4. The third-order valence-corrected chi connectivity index (χ3v) is 4.37. The zero-order valence-corrected chi connectivity index (χ0v) is 13.0. The van der Waals surface area contributed by atoms with Crippen LogP contribution in [0, 0.1) is 17.8 Å². The Bertz CT molecular complexity index is 485. The van der Waals surface area contributed by atoms with Crippen LogP contribution in [0.1, 0.15) is 45.6 Å². The Morgan fingerprint density at radius 2 is 2.19 bits per heavy atom. The van der Waals surface area contributed by atoms with Crippen LogP contribution in [-0.2, 0) is 0 Å². The smallest absolute Gasteiger partial charge is 0.213 e. The number of hydrogen-bond acceptors (Lipinski definition) is 4. The largest absolute Gasteiger partial charge is 0.474 e. The molecule has 1 saturated carbocycles. The number of aromatic nitrogens is 1. The zero-order valence-electron chi connectivity index (χ0n) is 13.0. The van der Waals surface area contributed by atoms with E-state index in [1.807, 2.05) is 0 Å². The van der Waals surface area contributed by atoms with Gasteiger partial charge in [0, 0.05) is 17.8 Å². The summed E-state index contributed by atoms with van der Waals surface area (Å²) in [7, 11) is 0. The van der Waals surface area contributed by atoms with Crippen molar-refractivity contribution in [3.8, 4) is 5.88 Å². The lowest BCUT2D eigenvalue weighted by Gasteiger charge is -2.37. The minimum absolute atomic E-state index is 0.0559. The van der Waals surface area contributed by atoms with E-state index in [1.165, 1.54) is 12.8 Å². The molecule has 0 saturated heterocycles. The molecule has 0 radical (unpaired) electrons. The molecule has 116 valence electrons. The third-order valence-electron chi connectivity index (χ3n) is 4.37. The highest BCUT2D eigenvalue weighted by atomic mass is 16.5. The second-order valence-electron chi connectivity index (χ2n) is 6.35. The molecule has 0 bridgehead atoms. The van der Waals surface area contributed by atoms with Gasteiger partial charge >= 0.3 is 0 Å². The van der Waals surface area contributed by atoms with E-state index in [0.29, 0.717) is 29.2 Å². The van der Waals surface area contributed by atoms with Crippen LogP contribution in [0.4, 0.5) is 0 Å². The van der Waals surface area contributed by atoms with Crippen molar-refractivity contribution in [3.05, 3.63) is 23.9 Å². The highest BCUT2D eigenvalue weighted by Gasteiger charge is 2.32. The summed E-state index contributed by atoms with van der Waals surface area (Å²) in [5.74, 6) is 2.54. The first kappa shape index (κ1) is 15.6. The topological polar surface area (TPSA) is 80.7 Å². The standard InChI is InChI=1S/C16H25N3O2/c1-10(2)13-6-4-11(3)8-14(13)21-15-7-5-12(9-18-15)16(17)19-20/h5,7,9-11,13-14,20H,4,6,8H2,1-3H3,(H2,17,19). The van der Waals surface area contributed by atoms with Gasteiger partial charge < -0.3 is 15.7 Å². The molecule has 0 amide bonds. The molecule has 2 rings (SSSR count). The Balaban J connectivity index is 2.08. The molecule has 1 fully saturated rings. The van der Waals surface area contributed by atoms with Crippen LogP contribution in [0.25, 0.3) is 0 Å². The highest BCUT2D eigenvalue weighted by molar-refractivity contribution is 5.96. The predicted octanol–water partition coefficient (Wildman–Crippen LogP) is 3.02. The minimum Gasteiger partial charge on any atom is -0.474 e. The number of nitrogens with two attached hydrogens (primary N) is 1. The first-order valence-electron chi connectivity index (χ1n) is 7.61. The van der Waals surface area contributed by atoms with E-state index in [1.54, 1.807) is 18.3 Å². The maximum atomic E-state index is 8.65. The van der Waals surface area contributed by atoms with Gasteiger partial charge in [-0.2, -0.15) is 0 Å². The molecule has 21 heavy (non-hydrogen) atoms. The molecule has 3 atom stereocenters. The van der Waals surface area contributed by atoms with Crippen LogP contribution in [0.15, 0.2) is 23.5 Å². The first-order valence-corrected chi connectivity index (χ1v) is 7.61. The quantitative estimate of drug-likeness (QED) is 0.387. The fourth-order valence-electron chi connectivity index (χ4n) is 3.06. The number of nitrogens with zero attached hydrogens (tertiary/aromatic N) is 2. The fourth-order valence-corrected chi connectivity index (χ4v) is 3.06. The molecule has 0 aromatic carbocycles. The molecule has 1 aliphatic carbocycles. The van der Waals surface area contributed by atoms with Crippen molar-refractivity contribution in [2.24, 2.45) is 28.6 Å². The van der Waals surface area contributed by atoms with Crippen molar-refractivity contribution in [1.29, 1.82) is 0 Å². The van der Waals surface area contributed by atoms with Crippen LogP contribution in [0.5, 0.6) is 5.88 Å². The second kappa shape index (κ2) is 6.78. The molecule has 5 heteroatoms. The van der Waals surface area contributed by atoms with Gasteiger partial charge in [-0.15, -0.1) is 0 Å². The molecule has 1 aromatic heterocycles. The number of amidine groups is 1. The number of pyridine rings is 1. The van der Waals surface area contributed by atoms with E-state index in [0.717, 1.165) is 6.42 Å². The van der Waals surface area contributed by atoms with E-state index in [2.05, 4.69) is 30.9 Å². The normalized spacial score (nSPS) is 26.9. The Labute approximate surface area is 126 Å². The van der Waals surface area contributed by atoms with Crippen LogP contribution in [0.3, 0.4) is 0 Å². The van der Waals surface area contributed by atoms with Gasteiger partial charge in [-0.1, -0.05) is 32.3 Å². The Hall–Kier alpha value is -1.78. The summed E-state index contributed by atoms with van der Waals surface area (Å²) in [6.07, 6.45) is 5.36. The lowest BCUT2D eigenvalue weighted by atomic mass is 9.75. The van der Waals surface area contributed by atoms with E-state index in [4.69, 9.17) is 15.7 Å². The third kappa shape index (κ3) is 3.86. The molecule has 3 unspecified atom stereocenters. The molecule has 5 nitrogen and oxygen atoms in total. The fraction of sp³-hybridized carbons (Fsp3) is 0.625. The van der Waals surface area contributed by atoms with Crippen LogP contribution in [-0.4, -0.2) is 22.1 Å². The average molecular weight is 291 g/mol. The van der Waals surface area contributed by atoms with E-state index < -0.39 is 0 Å². The van der Waals surface area contributed by atoms with Gasteiger partial charge in [0.15, 0.2) is 5.84 Å². The summed E-state index contributed by atoms with van der Waals surface area (Å²) in [6.45, 7) is 6.79. The van der Waals surface area contributed by atoms with Crippen LogP contribution >= 0.6 is 0 Å². The molecule has 0 spiro atoms. The van der Waals surface area contributed by atoms with E-state index in [-0.39, 0.29) is 11.9 Å². The maximum absolute atomic E-state index is 8.65. The van der Waals surface area contributed by atoms with Crippen LogP contribution in [0.2, 0.25) is 0 Å². The Morgan fingerprint density at radius 3 is 2.76 bits per heavy atom. The van der Waals surface area contributed by atoms with Crippen molar-refractivity contribution in [2.45, 2.75) is 46.1 Å². The van der Waals surface area contributed by atoms with E-state index >= 15 is 0 Å². The summed E-state index contributed by atoms with van der Waals surface area (Å²) in [5.41, 5.74) is 6.11. The number of ether oxygens (including phenoxy) is 1. The van der Waals surface area contributed by atoms with Crippen molar-refractivity contribution in [1.82, 2.24) is 4.98 Å². The molecular formula is C16H25N3O2. The summed E-state index contributed by atoms with van der Waals surface area (Å²) in [6, 6.07) is 3.54. The SMILES string of the molecule is CC1CCC(C(C)C)C(Oc2ccc(/C(N)=N/O)cn2)C1. The lowest BCUT2D eigenvalue weighted by molar-refractivity contribution is 0.0426. The Morgan fingerprint density at radius 1 is 1.43 bits per heavy atom. The van der Waals surface area contributed by atoms with Gasteiger partial charge in [0.2, 0.25) is 5.88 Å². The summed E-state index contributed by atoms with van der Waals surface area (Å²) in [4.78, 5) is 4.27. The van der Waals surface area contributed by atoms with E-state index in [9.17, 15) is 0 Å². The Kier molecular flexibility index (Phi) is 5.04. The minimum atomic E-state index is 0.0559. The highest BCUT2D eigenvalue weighted by Crippen LogP contribution is 2.35. The molecule has 0 aliphatic heterocycles. The lowest BCUT2D eigenvalue weighted by Crippen LogP contribution is -2.36. The van der Waals surface area contributed by atoms with Gasteiger partial charge in [0.25, 0.3) is 0 Å². The summed E-state index contributed by atoms with van der Waals surface area (Å²) < 4.78 is 6.11. The van der Waals surface area contributed by atoms with Crippen molar-refractivity contribution in [3.63, 3.8) is 0 Å². The van der Waals surface area contributed by atoms with Crippen LogP contribution < -0.4 is 10.5 Å². The van der Waals surface area contributed by atoms with Crippen molar-refractivity contribution < 1.29 is 9.94 Å². The van der Waals surface area contributed by atoms with Gasteiger partial charge in [-0.3, -0.25) is 0 Å². The molecule has 1 aromatic rings. The predicted molar refractivity (Wildman–Crippen MR) is 82.5 cm³/mol. The molecule has 1 aliphatic rings. The molecular weight excluding hydrogens is 266 g/mol. The van der Waals surface area contributed by atoms with Gasteiger partial charge in [0.05, 0.1) is 0 Å². The number of hydrogen-bond donors (Lipinski definition) is 2. The van der Waals surface area contributed by atoms with Crippen molar-refractivity contribution in [2.75, 3.05) is 0 Å². The molecule has 1 heterocycles. The van der Waals surface area contributed by atoms with Gasteiger partial charge in [-0.25, -0.2) is 4.98 Å². The summed E-state index contributed by atoms with van der Waals surface area (Å²) in [5, 5.41) is 11.6. The first-order chi connectivity index (χ1) is 10.0. The average Bonchev–Trinajstić information content (AvgIpc) is 2.47. The number of oxime groups is 1. The van der Waals surface area contributed by atoms with Gasteiger partial charge in [0.1, 0.15) is 6.10 Å². The zero-order chi connectivity index (χ0) is 15.4. The maximum Gasteiger partial charge on any atom is 0.213 e. The second-order valence-corrected chi connectivity index (χ2v) is 6.35. The van der Waals surface area contributed by atoms with Crippen molar-refractivity contribution >= 4 is 5.84 Å². The van der Waals surface area contributed by atoms with Gasteiger partial charge in [-0.05, 0) is 36.7 Å². The monoisotopic (exact) mass is 291 g/mol. The summed E-state index contributed by atoms with van der Waals surface area (Å²) >= 11 is 0. The molecule has 3 N–H and O–H groups in total.